The molecule has 0 saturated heterocycles. The van der Waals surface area contributed by atoms with Crippen molar-refractivity contribution in [1.29, 1.82) is 0 Å². The van der Waals surface area contributed by atoms with E-state index in [-0.39, 0.29) is 23.4 Å². The molecule has 0 saturated carbocycles. The van der Waals surface area contributed by atoms with Gasteiger partial charge < -0.3 is 11.1 Å². The Kier molecular flexibility index (Phi) is 4.20. The average Bonchev–Trinajstić information content (AvgIpc) is 2.40. The normalized spacial score (nSPS) is 10.3. The van der Waals surface area contributed by atoms with Gasteiger partial charge in [-0.15, -0.1) is 0 Å². The molecule has 0 unspecified atom stereocenters. The zero-order valence-corrected chi connectivity index (χ0v) is 11.0. The van der Waals surface area contributed by atoms with Crippen LogP contribution >= 0.6 is 11.6 Å². The van der Waals surface area contributed by atoms with Crippen LogP contribution in [0.15, 0.2) is 36.4 Å². The van der Waals surface area contributed by atoms with Gasteiger partial charge in [-0.2, -0.15) is 0 Å². The van der Waals surface area contributed by atoms with Crippen LogP contribution in [0.5, 0.6) is 0 Å². The highest BCUT2D eigenvalue weighted by Gasteiger charge is 2.08. The third-order valence-corrected chi connectivity index (χ3v) is 2.97. The predicted octanol–water partition coefficient (Wildman–Crippen LogP) is 3.33. The number of amides is 1. The average molecular weight is 297 g/mol. The van der Waals surface area contributed by atoms with E-state index < -0.39 is 17.5 Å². The molecule has 0 spiro atoms. The smallest absolute Gasteiger partial charge is 0.248 e. The summed E-state index contributed by atoms with van der Waals surface area (Å²) < 4.78 is 27.2. The van der Waals surface area contributed by atoms with Gasteiger partial charge in [0.05, 0.1) is 5.69 Å². The standard InChI is InChI=1S/C14H11ClF2N2O/c15-10-3-4-11(16)13(6-10)19-7-9-2-1-8(14(18)20)5-12(9)17/h1-6,19H,7H2,(H2,18,20). The van der Waals surface area contributed by atoms with Crippen molar-refractivity contribution < 1.29 is 13.6 Å². The first-order valence-electron chi connectivity index (χ1n) is 5.74. The molecule has 3 nitrogen and oxygen atoms in total. The quantitative estimate of drug-likeness (QED) is 0.909. The Morgan fingerprint density at radius 1 is 1.15 bits per heavy atom. The molecule has 2 aromatic rings. The molecule has 1 amide bonds. The molecular weight excluding hydrogens is 286 g/mol. The summed E-state index contributed by atoms with van der Waals surface area (Å²) >= 11 is 5.75. The van der Waals surface area contributed by atoms with Crippen LogP contribution in [0.3, 0.4) is 0 Å². The molecule has 20 heavy (non-hydrogen) atoms. The molecule has 0 bridgehead atoms. The van der Waals surface area contributed by atoms with Crippen LogP contribution in [0.4, 0.5) is 14.5 Å². The number of hydrogen-bond donors (Lipinski definition) is 2. The van der Waals surface area contributed by atoms with Gasteiger partial charge in [0.1, 0.15) is 11.6 Å². The summed E-state index contributed by atoms with van der Waals surface area (Å²) in [5, 5.41) is 3.12. The minimum absolute atomic E-state index is 0.0577. The van der Waals surface area contributed by atoms with Crippen molar-refractivity contribution in [3.63, 3.8) is 0 Å². The van der Waals surface area contributed by atoms with E-state index in [1.807, 2.05) is 0 Å². The van der Waals surface area contributed by atoms with Crippen molar-refractivity contribution in [2.24, 2.45) is 5.73 Å². The molecule has 0 heterocycles. The summed E-state index contributed by atoms with van der Waals surface area (Å²) in [6.07, 6.45) is 0. The summed E-state index contributed by atoms with van der Waals surface area (Å²) in [5.41, 5.74) is 5.60. The third kappa shape index (κ3) is 3.24. The van der Waals surface area contributed by atoms with E-state index in [9.17, 15) is 13.6 Å². The molecule has 104 valence electrons. The Hall–Kier alpha value is -2.14. The fraction of sp³-hybridized carbons (Fsp3) is 0.0714. The number of primary amides is 1. The van der Waals surface area contributed by atoms with Gasteiger partial charge in [0.25, 0.3) is 0 Å². The summed E-state index contributed by atoms with van der Waals surface area (Å²) in [4.78, 5) is 10.9. The van der Waals surface area contributed by atoms with Gasteiger partial charge in [-0.05, 0) is 30.3 Å². The van der Waals surface area contributed by atoms with Crippen molar-refractivity contribution in [2.45, 2.75) is 6.54 Å². The van der Waals surface area contributed by atoms with Crippen molar-refractivity contribution >= 4 is 23.2 Å². The molecule has 0 atom stereocenters. The first-order valence-corrected chi connectivity index (χ1v) is 6.12. The maximum absolute atomic E-state index is 13.7. The molecule has 0 radical (unpaired) electrons. The summed E-state index contributed by atoms with van der Waals surface area (Å²) in [7, 11) is 0. The Morgan fingerprint density at radius 2 is 1.90 bits per heavy atom. The van der Waals surface area contributed by atoms with Gasteiger partial charge in [-0.1, -0.05) is 17.7 Å². The lowest BCUT2D eigenvalue weighted by Crippen LogP contribution is -2.12. The molecule has 2 rings (SSSR count). The second-order valence-corrected chi connectivity index (χ2v) is 4.58. The maximum atomic E-state index is 13.7. The first-order chi connectivity index (χ1) is 9.47. The topological polar surface area (TPSA) is 55.1 Å². The van der Waals surface area contributed by atoms with Gasteiger partial charge in [0, 0.05) is 22.7 Å². The zero-order chi connectivity index (χ0) is 14.7. The Morgan fingerprint density at radius 3 is 2.55 bits per heavy atom. The lowest BCUT2D eigenvalue weighted by molar-refractivity contribution is 0.1000. The van der Waals surface area contributed by atoms with E-state index in [1.165, 1.54) is 30.3 Å². The fourth-order valence-electron chi connectivity index (χ4n) is 1.67. The van der Waals surface area contributed by atoms with E-state index >= 15 is 0 Å². The Labute approximate surface area is 119 Å². The molecule has 0 aliphatic carbocycles. The molecular formula is C14H11ClF2N2O. The van der Waals surface area contributed by atoms with Crippen molar-refractivity contribution in [1.82, 2.24) is 0 Å². The van der Waals surface area contributed by atoms with Gasteiger partial charge in [-0.3, -0.25) is 4.79 Å². The van der Waals surface area contributed by atoms with E-state index in [0.717, 1.165) is 6.07 Å². The number of carbonyl (C=O) groups is 1. The van der Waals surface area contributed by atoms with Crippen LogP contribution in [-0.2, 0) is 6.54 Å². The number of carbonyl (C=O) groups excluding carboxylic acids is 1. The highest BCUT2D eigenvalue weighted by Crippen LogP contribution is 2.21. The van der Waals surface area contributed by atoms with Gasteiger partial charge in [0.15, 0.2) is 0 Å². The molecule has 0 aliphatic rings. The van der Waals surface area contributed by atoms with E-state index in [2.05, 4.69) is 5.32 Å². The molecule has 2 aromatic carbocycles. The third-order valence-electron chi connectivity index (χ3n) is 2.74. The first kappa shape index (κ1) is 14.3. The van der Waals surface area contributed by atoms with Crippen LogP contribution < -0.4 is 11.1 Å². The molecule has 6 heteroatoms. The number of benzene rings is 2. The van der Waals surface area contributed by atoms with Gasteiger partial charge in [0.2, 0.25) is 5.91 Å². The summed E-state index contributed by atoms with van der Waals surface area (Å²) in [5.74, 6) is -1.77. The minimum Gasteiger partial charge on any atom is -0.378 e. The highest BCUT2D eigenvalue weighted by molar-refractivity contribution is 6.30. The number of nitrogens with one attached hydrogen (secondary N) is 1. The van der Waals surface area contributed by atoms with E-state index in [0.29, 0.717) is 5.02 Å². The van der Waals surface area contributed by atoms with Crippen molar-refractivity contribution in [3.05, 3.63) is 64.2 Å². The van der Waals surface area contributed by atoms with Crippen LogP contribution in [0.2, 0.25) is 5.02 Å². The maximum Gasteiger partial charge on any atom is 0.248 e. The van der Waals surface area contributed by atoms with Crippen molar-refractivity contribution in [2.75, 3.05) is 5.32 Å². The van der Waals surface area contributed by atoms with Gasteiger partial charge in [-0.25, -0.2) is 8.78 Å². The summed E-state index contributed by atoms with van der Waals surface area (Å²) in [6, 6.07) is 7.93. The second-order valence-electron chi connectivity index (χ2n) is 4.15. The molecule has 0 fully saturated rings. The Balaban J connectivity index is 2.15. The molecule has 3 N–H and O–H groups in total. The van der Waals surface area contributed by atoms with Crippen LogP contribution in [0.25, 0.3) is 0 Å². The minimum atomic E-state index is -0.704. The van der Waals surface area contributed by atoms with E-state index in [1.54, 1.807) is 0 Å². The monoisotopic (exact) mass is 296 g/mol. The van der Waals surface area contributed by atoms with Crippen LogP contribution in [0.1, 0.15) is 15.9 Å². The fourth-order valence-corrected chi connectivity index (χ4v) is 1.84. The number of rotatable bonds is 4. The number of anilines is 1. The SMILES string of the molecule is NC(=O)c1ccc(CNc2cc(Cl)ccc2F)c(F)c1. The van der Waals surface area contributed by atoms with Crippen molar-refractivity contribution in [3.8, 4) is 0 Å². The summed E-state index contributed by atoms with van der Waals surface area (Å²) in [6.45, 7) is 0.0577. The zero-order valence-electron chi connectivity index (χ0n) is 10.3. The van der Waals surface area contributed by atoms with Gasteiger partial charge >= 0.3 is 0 Å². The Bertz CT molecular complexity index is 662. The lowest BCUT2D eigenvalue weighted by Gasteiger charge is -2.09. The second kappa shape index (κ2) is 5.88. The largest absolute Gasteiger partial charge is 0.378 e. The molecule has 0 aliphatic heterocycles. The van der Waals surface area contributed by atoms with Crippen LogP contribution in [-0.4, -0.2) is 5.91 Å². The highest BCUT2D eigenvalue weighted by atomic mass is 35.5. The van der Waals surface area contributed by atoms with Crippen LogP contribution in [0, 0.1) is 11.6 Å². The predicted molar refractivity (Wildman–Crippen MR) is 73.7 cm³/mol. The lowest BCUT2D eigenvalue weighted by atomic mass is 10.1. The number of nitrogens with two attached hydrogens (primary N) is 1. The number of halogens is 3. The van der Waals surface area contributed by atoms with E-state index in [4.69, 9.17) is 17.3 Å². The number of hydrogen-bond acceptors (Lipinski definition) is 2. The molecule has 0 aromatic heterocycles.